The Morgan fingerprint density at radius 3 is 2.42 bits per heavy atom. The maximum Gasteiger partial charge on any atom is 0.261 e. The van der Waals surface area contributed by atoms with Crippen molar-refractivity contribution < 1.29 is 13.6 Å². The summed E-state index contributed by atoms with van der Waals surface area (Å²) in [6, 6.07) is 8.58. The Morgan fingerprint density at radius 1 is 1.16 bits per heavy atom. The van der Waals surface area contributed by atoms with Gasteiger partial charge in [0.05, 0.1) is 0 Å². The molecule has 0 aliphatic heterocycles. The highest BCUT2D eigenvalue weighted by Crippen LogP contribution is 2.22. The molecule has 0 saturated carbocycles. The van der Waals surface area contributed by atoms with E-state index in [1.54, 1.807) is 19.1 Å². The van der Waals surface area contributed by atoms with Crippen LogP contribution >= 0.6 is 15.9 Å². The van der Waals surface area contributed by atoms with Crippen LogP contribution in [0.5, 0.6) is 0 Å². The molecular weight excluding hydrogens is 316 g/mol. The van der Waals surface area contributed by atoms with Gasteiger partial charge in [-0.1, -0.05) is 28.1 Å². The summed E-state index contributed by atoms with van der Waals surface area (Å²) in [5, 5.41) is 2.50. The van der Waals surface area contributed by atoms with E-state index in [0.29, 0.717) is 5.69 Å². The largest absolute Gasteiger partial charge is 0.322 e. The van der Waals surface area contributed by atoms with Gasteiger partial charge in [-0.25, -0.2) is 8.78 Å². The van der Waals surface area contributed by atoms with Crippen molar-refractivity contribution in [2.45, 2.75) is 6.92 Å². The number of benzene rings is 2. The number of anilines is 1. The van der Waals surface area contributed by atoms with Gasteiger partial charge < -0.3 is 5.32 Å². The molecule has 0 aliphatic rings. The Kier molecular flexibility index (Phi) is 3.95. The van der Waals surface area contributed by atoms with Crippen LogP contribution in [-0.2, 0) is 0 Å². The molecule has 1 amide bonds. The summed E-state index contributed by atoms with van der Waals surface area (Å²) in [4.78, 5) is 11.9. The standard InChI is InChI=1S/C14H10BrF2NO/c1-8-5-6-9(15)7-12(8)18-14(19)13-10(16)3-2-4-11(13)17/h2-7H,1H3,(H,18,19). The average Bonchev–Trinajstić information content (AvgIpc) is 2.33. The van der Waals surface area contributed by atoms with Gasteiger partial charge in [-0.2, -0.15) is 0 Å². The van der Waals surface area contributed by atoms with Crippen LogP contribution in [0.3, 0.4) is 0 Å². The topological polar surface area (TPSA) is 29.1 Å². The molecule has 98 valence electrons. The second-order valence-corrected chi connectivity index (χ2v) is 4.93. The fourth-order valence-corrected chi connectivity index (χ4v) is 1.99. The van der Waals surface area contributed by atoms with Gasteiger partial charge in [0, 0.05) is 10.2 Å². The van der Waals surface area contributed by atoms with Gasteiger partial charge in [0.15, 0.2) is 0 Å². The van der Waals surface area contributed by atoms with Gasteiger partial charge in [-0.15, -0.1) is 0 Å². The highest BCUT2D eigenvalue weighted by atomic mass is 79.9. The third kappa shape index (κ3) is 2.98. The van der Waals surface area contributed by atoms with E-state index in [9.17, 15) is 13.6 Å². The average molecular weight is 326 g/mol. The molecule has 0 spiro atoms. The van der Waals surface area contributed by atoms with E-state index in [0.717, 1.165) is 22.2 Å². The first kappa shape index (κ1) is 13.7. The number of hydrogen-bond acceptors (Lipinski definition) is 1. The van der Waals surface area contributed by atoms with Crippen molar-refractivity contribution in [2.24, 2.45) is 0 Å². The summed E-state index contributed by atoms with van der Waals surface area (Å²) in [5.74, 6) is -2.58. The number of nitrogens with one attached hydrogen (secondary N) is 1. The normalized spacial score (nSPS) is 10.3. The van der Waals surface area contributed by atoms with Gasteiger partial charge >= 0.3 is 0 Å². The van der Waals surface area contributed by atoms with Crippen LogP contribution < -0.4 is 5.32 Å². The summed E-state index contributed by atoms with van der Waals surface area (Å²) >= 11 is 3.27. The second-order valence-electron chi connectivity index (χ2n) is 4.01. The zero-order valence-electron chi connectivity index (χ0n) is 10.0. The molecule has 1 N–H and O–H groups in total. The van der Waals surface area contributed by atoms with E-state index < -0.39 is 23.1 Å². The smallest absolute Gasteiger partial charge is 0.261 e. The van der Waals surface area contributed by atoms with Gasteiger partial charge in [0.1, 0.15) is 17.2 Å². The van der Waals surface area contributed by atoms with Crippen LogP contribution in [0.4, 0.5) is 14.5 Å². The molecule has 0 aliphatic carbocycles. The third-order valence-corrected chi connectivity index (χ3v) is 3.13. The lowest BCUT2D eigenvalue weighted by molar-refractivity contribution is 0.101. The Hall–Kier alpha value is -1.75. The predicted octanol–water partition coefficient (Wildman–Crippen LogP) is 4.29. The first-order valence-electron chi connectivity index (χ1n) is 5.50. The maximum absolute atomic E-state index is 13.5. The number of carbonyl (C=O) groups is 1. The predicted molar refractivity (Wildman–Crippen MR) is 73.2 cm³/mol. The number of aryl methyl sites for hydroxylation is 1. The van der Waals surface area contributed by atoms with Crippen LogP contribution in [0.15, 0.2) is 40.9 Å². The SMILES string of the molecule is Cc1ccc(Br)cc1NC(=O)c1c(F)cccc1F. The van der Waals surface area contributed by atoms with Gasteiger partial charge in [-0.3, -0.25) is 4.79 Å². The first-order valence-corrected chi connectivity index (χ1v) is 6.30. The van der Waals surface area contributed by atoms with Gasteiger partial charge in [0.25, 0.3) is 5.91 Å². The number of carbonyl (C=O) groups excluding carboxylic acids is 1. The van der Waals surface area contributed by atoms with Crippen molar-refractivity contribution in [3.8, 4) is 0 Å². The summed E-state index contributed by atoms with van der Waals surface area (Å²) in [6.45, 7) is 1.79. The zero-order valence-corrected chi connectivity index (χ0v) is 11.6. The summed E-state index contributed by atoms with van der Waals surface area (Å²) in [6.07, 6.45) is 0. The minimum absolute atomic E-state index is 0.502. The fraction of sp³-hybridized carbons (Fsp3) is 0.0714. The van der Waals surface area contributed by atoms with E-state index in [-0.39, 0.29) is 0 Å². The van der Waals surface area contributed by atoms with Crippen LogP contribution in [0.2, 0.25) is 0 Å². The van der Waals surface area contributed by atoms with E-state index in [4.69, 9.17) is 0 Å². The number of hydrogen-bond donors (Lipinski definition) is 1. The van der Waals surface area contributed by atoms with E-state index in [1.807, 2.05) is 6.07 Å². The van der Waals surface area contributed by atoms with Crippen LogP contribution in [-0.4, -0.2) is 5.91 Å². The molecule has 19 heavy (non-hydrogen) atoms. The lowest BCUT2D eigenvalue weighted by Crippen LogP contribution is -2.16. The molecule has 2 nitrogen and oxygen atoms in total. The lowest BCUT2D eigenvalue weighted by Gasteiger charge is -2.10. The van der Waals surface area contributed by atoms with Crippen LogP contribution in [0.1, 0.15) is 15.9 Å². The minimum Gasteiger partial charge on any atom is -0.322 e. The van der Waals surface area contributed by atoms with Crippen molar-refractivity contribution in [1.29, 1.82) is 0 Å². The van der Waals surface area contributed by atoms with Gasteiger partial charge in [-0.05, 0) is 36.8 Å². The molecule has 0 bridgehead atoms. The van der Waals surface area contributed by atoms with E-state index in [2.05, 4.69) is 21.2 Å². The van der Waals surface area contributed by atoms with Crippen molar-refractivity contribution in [2.75, 3.05) is 5.32 Å². The highest BCUT2D eigenvalue weighted by Gasteiger charge is 2.17. The second kappa shape index (κ2) is 5.48. The Balaban J connectivity index is 2.34. The molecular formula is C14H10BrF2NO. The molecule has 0 saturated heterocycles. The molecule has 2 aromatic carbocycles. The molecule has 0 unspecified atom stereocenters. The third-order valence-electron chi connectivity index (χ3n) is 2.64. The number of rotatable bonds is 2. The number of amides is 1. The Morgan fingerprint density at radius 2 is 1.79 bits per heavy atom. The summed E-state index contributed by atoms with van der Waals surface area (Å²) < 4.78 is 27.7. The quantitative estimate of drug-likeness (QED) is 0.876. The number of halogens is 3. The van der Waals surface area contributed by atoms with Crippen LogP contribution in [0.25, 0.3) is 0 Å². The van der Waals surface area contributed by atoms with Crippen molar-refractivity contribution in [3.05, 3.63) is 63.6 Å². The minimum atomic E-state index is -0.884. The zero-order chi connectivity index (χ0) is 14.0. The molecule has 0 radical (unpaired) electrons. The molecule has 5 heteroatoms. The molecule has 0 fully saturated rings. The molecule has 0 aromatic heterocycles. The molecule has 0 atom stereocenters. The van der Waals surface area contributed by atoms with Crippen LogP contribution in [0, 0.1) is 18.6 Å². The Labute approximate surface area is 117 Å². The molecule has 0 heterocycles. The van der Waals surface area contributed by atoms with E-state index >= 15 is 0 Å². The maximum atomic E-state index is 13.5. The monoisotopic (exact) mass is 325 g/mol. The van der Waals surface area contributed by atoms with Crippen molar-refractivity contribution in [3.63, 3.8) is 0 Å². The fourth-order valence-electron chi connectivity index (χ4n) is 1.63. The highest BCUT2D eigenvalue weighted by molar-refractivity contribution is 9.10. The molecule has 2 aromatic rings. The van der Waals surface area contributed by atoms with Gasteiger partial charge in [0.2, 0.25) is 0 Å². The summed E-state index contributed by atoms with van der Waals surface area (Å²) in [7, 11) is 0. The Bertz CT molecular complexity index is 623. The first-order chi connectivity index (χ1) is 8.99. The van der Waals surface area contributed by atoms with Crippen molar-refractivity contribution >= 4 is 27.5 Å². The van der Waals surface area contributed by atoms with E-state index in [1.165, 1.54) is 6.07 Å². The lowest BCUT2D eigenvalue weighted by atomic mass is 10.1. The summed E-state index contributed by atoms with van der Waals surface area (Å²) in [5.41, 5.74) is 0.720. The van der Waals surface area contributed by atoms with Crippen molar-refractivity contribution in [1.82, 2.24) is 0 Å². The molecule has 2 rings (SSSR count).